The Balaban J connectivity index is 0.00000147. The number of aromatic hydroxyl groups is 1. The number of fused-ring (bicyclic) bond motifs is 1. The number of hydrogen-bond donors (Lipinski definition) is 2. The van der Waals surface area contributed by atoms with E-state index in [1.165, 1.54) is 10.1 Å². The molecule has 3 rings (SSSR count). The fraction of sp³-hybridized carbons (Fsp3) is 0.125. The van der Waals surface area contributed by atoms with E-state index in [2.05, 4.69) is 17.5 Å². The molecule has 3 aromatic rings. The van der Waals surface area contributed by atoms with E-state index in [-0.39, 0.29) is 12.4 Å². The monoisotopic (exact) mass is 305 g/mol. The predicted octanol–water partition coefficient (Wildman–Crippen LogP) is 4.20. The first-order valence-corrected chi connectivity index (χ1v) is 7.16. The van der Waals surface area contributed by atoms with E-state index in [4.69, 9.17) is 5.73 Å². The van der Waals surface area contributed by atoms with Crippen LogP contribution in [0.5, 0.6) is 5.75 Å². The van der Waals surface area contributed by atoms with Gasteiger partial charge < -0.3 is 10.8 Å². The molecule has 0 fully saturated rings. The van der Waals surface area contributed by atoms with Crippen molar-refractivity contribution >= 4 is 33.8 Å². The number of nitrogens with two attached hydrogens (primary N) is 1. The van der Waals surface area contributed by atoms with E-state index in [1.54, 1.807) is 17.4 Å². The Kier molecular flexibility index (Phi) is 4.65. The molecule has 0 unspecified atom stereocenters. The first-order valence-electron chi connectivity index (χ1n) is 6.28. The lowest BCUT2D eigenvalue weighted by molar-refractivity contribution is 0.477. The molecule has 0 saturated carbocycles. The Morgan fingerprint density at radius 1 is 1.05 bits per heavy atom. The van der Waals surface area contributed by atoms with Crippen LogP contribution in [-0.2, 0) is 6.42 Å². The average molecular weight is 306 g/mol. The molecule has 0 saturated heterocycles. The van der Waals surface area contributed by atoms with Gasteiger partial charge in [-0.15, -0.1) is 23.7 Å². The van der Waals surface area contributed by atoms with Crippen molar-refractivity contribution in [3.05, 3.63) is 53.4 Å². The van der Waals surface area contributed by atoms with E-state index in [0.29, 0.717) is 12.3 Å². The van der Waals surface area contributed by atoms with Gasteiger partial charge in [0.05, 0.1) is 0 Å². The minimum Gasteiger partial charge on any atom is -0.507 e. The predicted molar refractivity (Wildman–Crippen MR) is 88.9 cm³/mol. The highest BCUT2D eigenvalue weighted by Crippen LogP contribution is 2.38. The first kappa shape index (κ1) is 14.9. The molecule has 0 spiro atoms. The standard InChI is InChI=1S/C16H15NOS.ClH/c17-8-7-11-5-6-15(18)13(9-11)14-10-19-16-4-2-1-3-12(14)16;/h1-6,9-10,18H,7-8,17H2;1H. The molecule has 0 aliphatic carbocycles. The summed E-state index contributed by atoms with van der Waals surface area (Å²) in [6, 6.07) is 14.0. The van der Waals surface area contributed by atoms with Gasteiger partial charge in [-0.25, -0.2) is 0 Å². The number of halogens is 1. The van der Waals surface area contributed by atoms with Crippen LogP contribution in [0.3, 0.4) is 0 Å². The highest BCUT2D eigenvalue weighted by Gasteiger charge is 2.10. The topological polar surface area (TPSA) is 46.2 Å². The van der Waals surface area contributed by atoms with Crippen LogP contribution < -0.4 is 5.73 Å². The zero-order valence-electron chi connectivity index (χ0n) is 10.9. The molecule has 0 amide bonds. The summed E-state index contributed by atoms with van der Waals surface area (Å²) in [6.45, 7) is 0.620. The van der Waals surface area contributed by atoms with Crippen LogP contribution in [0.25, 0.3) is 21.2 Å². The molecule has 0 aliphatic heterocycles. The first-order chi connectivity index (χ1) is 9.29. The lowest BCUT2D eigenvalue weighted by Crippen LogP contribution is -2.02. The molecular formula is C16H16ClNOS. The van der Waals surface area contributed by atoms with Crippen molar-refractivity contribution in [2.24, 2.45) is 5.73 Å². The van der Waals surface area contributed by atoms with Crippen LogP contribution in [0.1, 0.15) is 5.56 Å². The lowest BCUT2D eigenvalue weighted by Gasteiger charge is -2.07. The van der Waals surface area contributed by atoms with Crippen LogP contribution in [-0.4, -0.2) is 11.7 Å². The summed E-state index contributed by atoms with van der Waals surface area (Å²) in [5.74, 6) is 0.323. The van der Waals surface area contributed by atoms with Crippen LogP contribution in [0, 0.1) is 0 Å². The summed E-state index contributed by atoms with van der Waals surface area (Å²) in [4.78, 5) is 0. The minimum absolute atomic E-state index is 0. The second-order valence-electron chi connectivity index (χ2n) is 4.54. The molecule has 0 radical (unpaired) electrons. The Bertz CT molecular complexity index is 723. The van der Waals surface area contributed by atoms with Gasteiger partial charge in [0.25, 0.3) is 0 Å². The van der Waals surface area contributed by atoms with E-state index in [0.717, 1.165) is 23.1 Å². The summed E-state index contributed by atoms with van der Waals surface area (Å²) in [6.07, 6.45) is 0.829. The number of hydrogen-bond acceptors (Lipinski definition) is 3. The third-order valence-corrected chi connectivity index (χ3v) is 4.23. The van der Waals surface area contributed by atoms with E-state index in [9.17, 15) is 5.11 Å². The third kappa shape index (κ3) is 2.66. The molecule has 0 atom stereocenters. The Labute approximate surface area is 128 Å². The molecule has 0 bridgehead atoms. The Morgan fingerprint density at radius 3 is 2.65 bits per heavy atom. The summed E-state index contributed by atoms with van der Waals surface area (Å²) in [5.41, 5.74) is 8.74. The van der Waals surface area contributed by atoms with Crippen molar-refractivity contribution in [1.82, 2.24) is 0 Å². The normalized spacial score (nSPS) is 10.4. The number of benzene rings is 2. The molecule has 2 aromatic carbocycles. The van der Waals surface area contributed by atoms with Gasteiger partial charge >= 0.3 is 0 Å². The summed E-state index contributed by atoms with van der Waals surface area (Å²) in [5, 5.41) is 13.4. The van der Waals surface area contributed by atoms with Crippen molar-refractivity contribution in [3.8, 4) is 16.9 Å². The molecular weight excluding hydrogens is 290 g/mol. The summed E-state index contributed by atoms with van der Waals surface area (Å²) < 4.78 is 1.24. The molecule has 0 aliphatic rings. The molecule has 3 N–H and O–H groups in total. The van der Waals surface area contributed by atoms with Gasteiger partial charge in [-0.1, -0.05) is 24.3 Å². The average Bonchev–Trinajstić information content (AvgIpc) is 2.85. The number of phenols is 1. The maximum absolute atomic E-state index is 10.1. The van der Waals surface area contributed by atoms with Crippen LogP contribution in [0.2, 0.25) is 0 Å². The van der Waals surface area contributed by atoms with Gasteiger partial charge in [-0.3, -0.25) is 0 Å². The molecule has 4 heteroatoms. The quantitative estimate of drug-likeness (QED) is 0.762. The Hall–Kier alpha value is -1.55. The number of phenolic OH excluding ortho intramolecular Hbond substituents is 1. The Morgan fingerprint density at radius 2 is 1.85 bits per heavy atom. The highest BCUT2D eigenvalue weighted by molar-refractivity contribution is 7.17. The lowest BCUT2D eigenvalue weighted by atomic mass is 10.00. The smallest absolute Gasteiger partial charge is 0.123 e. The summed E-state index contributed by atoms with van der Waals surface area (Å²) >= 11 is 1.70. The second kappa shape index (κ2) is 6.27. The molecule has 1 aromatic heterocycles. The maximum Gasteiger partial charge on any atom is 0.123 e. The summed E-state index contributed by atoms with van der Waals surface area (Å²) in [7, 11) is 0. The van der Waals surface area contributed by atoms with Gasteiger partial charge in [-0.05, 0) is 42.1 Å². The van der Waals surface area contributed by atoms with Crippen LogP contribution in [0.4, 0.5) is 0 Å². The zero-order chi connectivity index (χ0) is 13.2. The maximum atomic E-state index is 10.1. The minimum atomic E-state index is 0. The van der Waals surface area contributed by atoms with Crippen molar-refractivity contribution in [3.63, 3.8) is 0 Å². The number of rotatable bonds is 3. The van der Waals surface area contributed by atoms with Gasteiger partial charge in [0.15, 0.2) is 0 Å². The van der Waals surface area contributed by atoms with Crippen molar-refractivity contribution < 1.29 is 5.11 Å². The largest absolute Gasteiger partial charge is 0.507 e. The van der Waals surface area contributed by atoms with Crippen LogP contribution in [0.15, 0.2) is 47.8 Å². The zero-order valence-corrected chi connectivity index (χ0v) is 12.5. The van der Waals surface area contributed by atoms with E-state index in [1.807, 2.05) is 24.3 Å². The third-order valence-electron chi connectivity index (χ3n) is 3.27. The van der Waals surface area contributed by atoms with Gasteiger partial charge in [0, 0.05) is 21.2 Å². The van der Waals surface area contributed by atoms with Crippen molar-refractivity contribution in [2.45, 2.75) is 6.42 Å². The van der Waals surface area contributed by atoms with Crippen molar-refractivity contribution in [1.29, 1.82) is 0 Å². The second-order valence-corrected chi connectivity index (χ2v) is 5.45. The van der Waals surface area contributed by atoms with E-state index < -0.39 is 0 Å². The highest BCUT2D eigenvalue weighted by atomic mass is 35.5. The fourth-order valence-electron chi connectivity index (χ4n) is 2.31. The van der Waals surface area contributed by atoms with Gasteiger partial charge in [0.1, 0.15) is 5.75 Å². The van der Waals surface area contributed by atoms with Gasteiger partial charge in [-0.2, -0.15) is 0 Å². The molecule has 20 heavy (non-hydrogen) atoms. The molecule has 2 nitrogen and oxygen atoms in total. The van der Waals surface area contributed by atoms with Crippen molar-refractivity contribution in [2.75, 3.05) is 6.54 Å². The van der Waals surface area contributed by atoms with Gasteiger partial charge in [0.2, 0.25) is 0 Å². The van der Waals surface area contributed by atoms with Crippen LogP contribution >= 0.6 is 23.7 Å². The fourth-order valence-corrected chi connectivity index (χ4v) is 3.27. The number of thiophene rings is 1. The SMILES string of the molecule is Cl.NCCc1ccc(O)c(-c2csc3ccccc23)c1. The molecule has 1 heterocycles. The van der Waals surface area contributed by atoms with E-state index >= 15 is 0 Å². The molecule has 104 valence electrons.